The first-order chi connectivity index (χ1) is 11.4. The Labute approximate surface area is 145 Å². The molecule has 6 atom stereocenters. The number of ketones is 1. The molecule has 3 nitrogen and oxygen atoms in total. The van der Waals surface area contributed by atoms with Gasteiger partial charge in [-0.2, -0.15) is 0 Å². The van der Waals surface area contributed by atoms with E-state index in [4.69, 9.17) is 5.26 Å². The van der Waals surface area contributed by atoms with E-state index in [-0.39, 0.29) is 16.7 Å². The summed E-state index contributed by atoms with van der Waals surface area (Å²) >= 11 is 0. The molecule has 1 N–H and O–H groups in total. The van der Waals surface area contributed by atoms with Gasteiger partial charge in [-0.3, -0.25) is 4.79 Å². The minimum Gasteiger partial charge on any atom is -0.345 e. The SMILES string of the molecule is C=C(OO)[C@H]1CC[C@H]2[C@@H]3CCC4=CC(=O)CC[C@]4(C)[C@H]3CC[C@]12C. The second kappa shape index (κ2) is 5.45. The lowest BCUT2D eigenvalue weighted by atomic mass is 9.47. The summed E-state index contributed by atoms with van der Waals surface area (Å²) in [6, 6.07) is 0. The number of hydrogen-bond acceptors (Lipinski definition) is 3. The van der Waals surface area contributed by atoms with Crippen molar-refractivity contribution in [1.29, 1.82) is 0 Å². The molecule has 3 fully saturated rings. The van der Waals surface area contributed by atoms with E-state index in [1.807, 2.05) is 6.08 Å². The predicted octanol–water partition coefficient (Wildman–Crippen LogP) is 5.14. The highest BCUT2D eigenvalue weighted by atomic mass is 17.1. The van der Waals surface area contributed by atoms with E-state index in [0.29, 0.717) is 23.4 Å². The molecule has 24 heavy (non-hydrogen) atoms. The molecule has 0 aromatic rings. The highest BCUT2D eigenvalue weighted by molar-refractivity contribution is 5.91. The fourth-order valence-corrected chi connectivity index (χ4v) is 7.15. The number of carbonyl (C=O) groups excluding carboxylic acids is 1. The second-order valence-electron chi connectivity index (χ2n) is 9.20. The van der Waals surface area contributed by atoms with Crippen molar-refractivity contribution in [2.75, 3.05) is 0 Å². The summed E-state index contributed by atoms with van der Waals surface area (Å²) in [7, 11) is 0. The average molecular weight is 330 g/mol. The molecule has 0 amide bonds. The van der Waals surface area contributed by atoms with Crippen LogP contribution >= 0.6 is 0 Å². The molecule has 0 radical (unpaired) electrons. The van der Waals surface area contributed by atoms with Gasteiger partial charge in [-0.15, -0.1) is 0 Å². The maximum absolute atomic E-state index is 11.9. The molecular weight excluding hydrogens is 300 g/mol. The molecule has 0 heterocycles. The Bertz CT molecular complexity index is 606. The monoisotopic (exact) mass is 330 g/mol. The third kappa shape index (κ3) is 2.09. The maximum atomic E-state index is 11.9. The van der Waals surface area contributed by atoms with Crippen LogP contribution in [0.5, 0.6) is 0 Å². The fourth-order valence-electron chi connectivity index (χ4n) is 7.15. The van der Waals surface area contributed by atoms with Crippen LogP contribution in [0.15, 0.2) is 24.0 Å². The Balaban J connectivity index is 1.65. The van der Waals surface area contributed by atoms with Crippen LogP contribution in [0.2, 0.25) is 0 Å². The van der Waals surface area contributed by atoms with Gasteiger partial charge in [0.15, 0.2) is 5.78 Å². The molecule has 0 unspecified atom stereocenters. The summed E-state index contributed by atoms with van der Waals surface area (Å²) < 4.78 is 0. The highest BCUT2D eigenvalue weighted by Gasteiger charge is 2.59. The molecule has 0 saturated heterocycles. The maximum Gasteiger partial charge on any atom is 0.155 e. The van der Waals surface area contributed by atoms with E-state index < -0.39 is 0 Å². The van der Waals surface area contributed by atoms with Gasteiger partial charge in [-0.05, 0) is 79.6 Å². The lowest BCUT2D eigenvalue weighted by Crippen LogP contribution is -2.50. The fraction of sp³-hybridized carbons (Fsp3) is 0.762. The Morgan fingerprint density at radius 1 is 1.17 bits per heavy atom. The highest BCUT2D eigenvalue weighted by Crippen LogP contribution is 2.67. The van der Waals surface area contributed by atoms with E-state index in [1.54, 1.807) is 0 Å². The topological polar surface area (TPSA) is 46.5 Å². The molecule has 0 aromatic carbocycles. The smallest absolute Gasteiger partial charge is 0.155 e. The molecule has 4 aliphatic carbocycles. The van der Waals surface area contributed by atoms with Gasteiger partial charge < -0.3 is 4.89 Å². The zero-order valence-corrected chi connectivity index (χ0v) is 15.0. The summed E-state index contributed by atoms with van der Waals surface area (Å²) in [5.74, 6) is 3.33. The molecule has 4 aliphatic rings. The number of hydrogen-bond donors (Lipinski definition) is 1. The first-order valence-electron chi connectivity index (χ1n) is 9.64. The van der Waals surface area contributed by atoms with Crippen LogP contribution in [0.4, 0.5) is 0 Å². The molecule has 3 saturated carbocycles. The normalized spacial score (nSPS) is 47.3. The Hall–Kier alpha value is -1.09. The number of carbonyl (C=O) groups is 1. The molecule has 132 valence electrons. The standard InChI is InChI=1S/C21H30O3/c1-13(24-23)17-6-7-18-16-5-4-14-12-15(22)8-10-20(14,2)19(16)9-11-21(17,18)3/h12,16-19,23H,1,4-11H2,2-3H3/t16-,17+,18-,19-,20-,21+/m0/s1. The Morgan fingerprint density at radius 2 is 1.96 bits per heavy atom. The molecule has 0 bridgehead atoms. The molecule has 4 rings (SSSR count). The lowest BCUT2D eigenvalue weighted by molar-refractivity contribution is -0.217. The van der Waals surface area contributed by atoms with Crippen LogP contribution in [0.25, 0.3) is 0 Å². The molecule has 0 aromatic heterocycles. The van der Waals surface area contributed by atoms with E-state index >= 15 is 0 Å². The van der Waals surface area contributed by atoms with E-state index in [2.05, 4.69) is 25.3 Å². The Morgan fingerprint density at radius 3 is 2.71 bits per heavy atom. The number of allylic oxidation sites excluding steroid dienone is 2. The summed E-state index contributed by atoms with van der Waals surface area (Å²) in [6.07, 6.45) is 10.8. The van der Waals surface area contributed by atoms with Crippen LogP contribution in [0.3, 0.4) is 0 Å². The van der Waals surface area contributed by atoms with Gasteiger partial charge in [-0.25, -0.2) is 5.26 Å². The zero-order chi connectivity index (χ0) is 17.1. The molecular formula is C21H30O3. The van der Waals surface area contributed by atoms with Gasteiger partial charge in [0.2, 0.25) is 0 Å². The third-order valence-corrected chi connectivity index (χ3v) is 8.47. The first kappa shape index (κ1) is 16.4. The van der Waals surface area contributed by atoms with Crippen LogP contribution in [-0.2, 0) is 9.68 Å². The van der Waals surface area contributed by atoms with Gasteiger partial charge in [0, 0.05) is 12.3 Å². The van der Waals surface area contributed by atoms with Gasteiger partial charge >= 0.3 is 0 Å². The van der Waals surface area contributed by atoms with Crippen molar-refractivity contribution >= 4 is 5.78 Å². The van der Waals surface area contributed by atoms with E-state index in [0.717, 1.165) is 31.6 Å². The van der Waals surface area contributed by atoms with Crippen molar-refractivity contribution in [1.82, 2.24) is 0 Å². The minimum atomic E-state index is 0.211. The molecule has 0 spiro atoms. The van der Waals surface area contributed by atoms with Crippen molar-refractivity contribution < 1.29 is 14.9 Å². The van der Waals surface area contributed by atoms with E-state index in [9.17, 15) is 4.79 Å². The predicted molar refractivity (Wildman–Crippen MR) is 93.1 cm³/mol. The van der Waals surface area contributed by atoms with Crippen molar-refractivity contribution in [3.05, 3.63) is 24.0 Å². The van der Waals surface area contributed by atoms with Gasteiger partial charge in [0.25, 0.3) is 0 Å². The van der Waals surface area contributed by atoms with Crippen LogP contribution < -0.4 is 0 Å². The van der Waals surface area contributed by atoms with Crippen molar-refractivity contribution in [3.8, 4) is 0 Å². The van der Waals surface area contributed by atoms with Gasteiger partial charge in [-0.1, -0.05) is 26.0 Å². The summed E-state index contributed by atoms with van der Waals surface area (Å²) in [6.45, 7) is 8.78. The Kier molecular flexibility index (Phi) is 3.72. The molecule has 3 heteroatoms. The van der Waals surface area contributed by atoms with Crippen molar-refractivity contribution in [3.63, 3.8) is 0 Å². The number of rotatable bonds is 2. The third-order valence-electron chi connectivity index (χ3n) is 8.47. The van der Waals surface area contributed by atoms with Gasteiger partial charge in [0.05, 0.1) is 0 Å². The van der Waals surface area contributed by atoms with Crippen LogP contribution in [-0.4, -0.2) is 11.0 Å². The van der Waals surface area contributed by atoms with Crippen LogP contribution in [0, 0.1) is 34.5 Å². The summed E-state index contributed by atoms with van der Waals surface area (Å²) in [5, 5.41) is 9.11. The first-order valence-corrected chi connectivity index (χ1v) is 9.64. The second-order valence-corrected chi connectivity index (χ2v) is 9.20. The van der Waals surface area contributed by atoms with E-state index in [1.165, 1.54) is 31.3 Å². The van der Waals surface area contributed by atoms with Gasteiger partial charge in [0.1, 0.15) is 5.76 Å². The zero-order valence-electron chi connectivity index (χ0n) is 15.0. The lowest BCUT2D eigenvalue weighted by Gasteiger charge is -2.58. The summed E-state index contributed by atoms with van der Waals surface area (Å²) in [4.78, 5) is 16.4. The van der Waals surface area contributed by atoms with Crippen LogP contribution in [0.1, 0.15) is 65.2 Å². The largest absolute Gasteiger partial charge is 0.345 e. The molecule has 0 aliphatic heterocycles. The average Bonchev–Trinajstić information content (AvgIpc) is 2.92. The summed E-state index contributed by atoms with van der Waals surface area (Å²) in [5.41, 5.74) is 1.88. The van der Waals surface area contributed by atoms with Crippen molar-refractivity contribution in [2.45, 2.75) is 65.2 Å². The minimum absolute atomic E-state index is 0.211. The quantitative estimate of drug-likeness (QED) is 0.433. The van der Waals surface area contributed by atoms with Crippen molar-refractivity contribution in [2.24, 2.45) is 34.5 Å². The number of fused-ring (bicyclic) bond motifs is 5.